The summed E-state index contributed by atoms with van der Waals surface area (Å²) in [6, 6.07) is 9.75. The highest BCUT2D eigenvalue weighted by Crippen LogP contribution is 2.00. The van der Waals surface area contributed by atoms with Crippen LogP contribution in [0.3, 0.4) is 0 Å². The molecule has 1 amide bonds. The fraction of sp³-hybridized carbons (Fsp3) is 0.333. The van der Waals surface area contributed by atoms with Gasteiger partial charge in [-0.1, -0.05) is 44.2 Å². The summed E-state index contributed by atoms with van der Waals surface area (Å²) < 4.78 is 0. The largest absolute Gasteiger partial charge is 0.273 e. The highest BCUT2D eigenvalue weighted by molar-refractivity contribution is 5.99. The number of hydrogen-bond acceptors (Lipinski definition) is 2. The molecule has 15 heavy (non-hydrogen) atoms. The molecule has 0 unspecified atom stereocenters. The van der Waals surface area contributed by atoms with Crippen LogP contribution in [-0.4, -0.2) is 11.6 Å². The Balaban J connectivity index is 2.65. The Hall–Kier alpha value is -1.64. The third-order valence-corrected chi connectivity index (χ3v) is 2.05. The molecule has 0 bridgehead atoms. The fourth-order valence-electron chi connectivity index (χ4n) is 1.01. The molecule has 1 rings (SSSR count). The number of amides is 1. The van der Waals surface area contributed by atoms with E-state index in [0.29, 0.717) is 0 Å². The van der Waals surface area contributed by atoms with Gasteiger partial charge in [0.25, 0.3) is 0 Å². The molecule has 0 radical (unpaired) electrons. The molecular weight excluding hydrogens is 188 g/mol. The summed E-state index contributed by atoms with van der Waals surface area (Å²) in [5.74, 6) is -0.109. The Morgan fingerprint density at radius 1 is 1.27 bits per heavy atom. The number of nitrogens with zero attached hydrogens (tertiary/aromatic N) is 1. The second-order valence-electron chi connectivity index (χ2n) is 3.69. The SMILES string of the molecule is C/C(=N/NC(=O)C(C)C)c1ccccc1. The average Bonchev–Trinajstić information content (AvgIpc) is 2.26. The third-order valence-electron chi connectivity index (χ3n) is 2.05. The minimum Gasteiger partial charge on any atom is -0.273 e. The van der Waals surface area contributed by atoms with Gasteiger partial charge in [0.05, 0.1) is 5.71 Å². The van der Waals surface area contributed by atoms with Crippen LogP contribution in [0.1, 0.15) is 26.3 Å². The molecule has 0 fully saturated rings. The average molecular weight is 204 g/mol. The predicted molar refractivity (Wildman–Crippen MR) is 61.6 cm³/mol. The van der Waals surface area contributed by atoms with Crippen molar-refractivity contribution in [2.24, 2.45) is 11.0 Å². The number of hydrogen-bond donors (Lipinski definition) is 1. The summed E-state index contributed by atoms with van der Waals surface area (Å²) in [6.45, 7) is 5.54. The lowest BCUT2D eigenvalue weighted by Gasteiger charge is -2.04. The Kier molecular flexibility index (Phi) is 4.03. The van der Waals surface area contributed by atoms with Gasteiger partial charge in [-0.25, -0.2) is 5.43 Å². The summed E-state index contributed by atoms with van der Waals surface area (Å²) in [5, 5.41) is 4.03. The number of hydrazone groups is 1. The minimum absolute atomic E-state index is 0.0441. The van der Waals surface area contributed by atoms with Gasteiger partial charge in [0.1, 0.15) is 0 Å². The Labute approximate surface area is 90.2 Å². The van der Waals surface area contributed by atoms with Gasteiger partial charge in [-0.05, 0) is 12.5 Å². The van der Waals surface area contributed by atoms with Crippen LogP contribution in [0.4, 0.5) is 0 Å². The molecule has 0 saturated carbocycles. The highest BCUT2D eigenvalue weighted by Gasteiger charge is 2.04. The number of benzene rings is 1. The van der Waals surface area contributed by atoms with Crippen LogP contribution in [0.15, 0.2) is 35.4 Å². The zero-order valence-corrected chi connectivity index (χ0v) is 9.32. The van der Waals surface area contributed by atoms with Gasteiger partial charge in [-0.15, -0.1) is 0 Å². The van der Waals surface area contributed by atoms with E-state index in [9.17, 15) is 4.79 Å². The second-order valence-corrected chi connectivity index (χ2v) is 3.69. The molecule has 3 heteroatoms. The van der Waals surface area contributed by atoms with Crippen LogP contribution in [0.25, 0.3) is 0 Å². The van der Waals surface area contributed by atoms with Gasteiger partial charge in [0.15, 0.2) is 0 Å². The van der Waals surface area contributed by atoms with Crippen molar-refractivity contribution in [1.29, 1.82) is 0 Å². The number of rotatable bonds is 3. The van der Waals surface area contributed by atoms with E-state index in [1.807, 2.05) is 51.1 Å². The first-order valence-corrected chi connectivity index (χ1v) is 5.01. The maximum Gasteiger partial charge on any atom is 0.242 e. The summed E-state index contributed by atoms with van der Waals surface area (Å²) >= 11 is 0. The van der Waals surface area contributed by atoms with Gasteiger partial charge in [-0.3, -0.25) is 4.79 Å². The van der Waals surface area contributed by atoms with Crippen molar-refractivity contribution in [2.45, 2.75) is 20.8 Å². The maximum atomic E-state index is 11.3. The zero-order valence-electron chi connectivity index (χ0n) is 9.32. The van der Waals surface area contributed by atoms with Gasteiger partial charge < -0.3 is 0 Å². The number of carbonyl (C=O) groups excluding carboxylic acids is 1. The monoisotopic (exact) mass is 204 g/mol. The third kappa shape index (κ3) is 3.54. The predicted octanol–water partition coefficient (Wildman–Crippen LogP) is 2.18. The minimum atomic E-state index is -0.0646. The van der Waals surface area contributed by atoms with Crippen LogP contribution < -0.4 is 5.43 Å². The summed E-state index contributed by atoms with van der Waals surface area (Å²) in [4.78, 5) is 11.3. The molecule has 0 aliphatic heterocycles. The molecule has 0 saturated heterocycles. The van der Waals surface area contributed by atoms with E-state index in [2.05, 4.69) is 10.5 Å². The molecular formula is C12H16N2O. The van der Waals surface area contributed by atoms with E-state index in [1.54, 1.807) is 0 Å². The lowest BCUT2D eigenvalue weighted by Crippen LogP contribution is -2.23. The first-order valence-electron chi connectivity index (χ1n) is 5.01. The van der Waals surface area contributed by atoms with Crippen LogP contribution in [0, 0.1) is 5.92 Å². The number of nitrogens with one attached hydrogen (secondary N) is 1. The Morgan fingerprint density at radius 3 is 2.40 bits per heavy atom. The van der Waals surface area contributed by atoms with Crippen LogP contribution in [0.5, 0.6) is 0 Å². The topological polar surface area (TPSA) is 41.5 Å². The van der Waals surface area contributed by atoms with E-state index in [0.717, 1.165) is 11.3 Å². The van der Waals surface area contributed by atoms with Gasteiger partial charge >= 0.3 is 0 Å². The first kappa shape index (κ1) is 11.4. The number of carbonyl (C=O) groups is 1. The van der Waals surface area contributed by atoms with Crippen molar-refractivity contribution in [3.05, 3.63) is 35.9 Å². The molecule has 1 N–H and O–H groups in total. The van der Waals surface area contributed by atoms with Gasteiger partial charge in [0, 0.05) is 5.92 Å². The first-order chi connectivity index (χ1) is 7.11. The van der Waals surface area contributed by atoms with Crippen molar-refractivity contribution < 1.29 is 4.79 Å². The standard InChI is InChI=1S/C12H16N2O/c1-9(2)12(15)14-13-10(3)11-7-5-4-6-8-11/h4-9H,1-3H3,(H,14,15)/b13-10-. The van der Waals surface area contributed by atoms with Gasteiger partial charge in [-0.2, -0.15) is 5.10 Å². The smallest absolute Gasteiger partial charge is 0.242 e. The molecule has 0 heterocycles. The van der Waals surface area contributed by atoms with Crippen molar-refractivity contribution >= 4 is 11.6 Å². The molecule has 0 aromatic heterocycles. The lowest BCUT2D eigenvalue weighted by atomic mass is 10.1. The van der Waals surface area contributed by atoms with E-state index in [4.69, 9.17) is 0 Å². The van der Waals surface area contributed by atoms with E-state index >= 15 is 0 Å². The second kappa shape index (κ2) is 5.29. The molecule has 1 aromatic rings. The Morgan fingerprint density at radius 2 is 1.87 bits per heavy atom. The maximum absolute atomic E-state index is 11.3. The fourth-order valence-corrected chi connectivity index (χ4v) is 1.01. The van der Waals surface area contributed by atoms with Crippen molar-refractivity contribution in [3.63, 3.8) is 0 Å². The molecule has 80 valence electrons. The summed E-state index contributed by atoms with van der Waals surface area (Å²) in [7, 11) is 0. The van der Waals surface area contributed by atoms with Crippen LogP contribution >= 0.6 is 0 Å². The molecule has 3 nitrogen and oxygen atoms in total. The molecule has 1 aromatic carbocycles. The molecule has 0 aliphatic rings. The molecule has 0 atom stereocenters. The van der Waals surface area contributed by atoms with E-state index < -0.39 is 0 Å². The normalized spacial score (nSPS) is 11.6. The van der Waals surface area contributed by atoms with Crippen LogP contribution in [0.2, 0.25) is 0 Å². The van der Waals surface area contributed by atoms with E-state index in [-0.39, 0.29) is 11.8 Å². The van der Waals surface area contributed by atoms with Crippen LogP contribution in [-0.2, 0) is 4.79 Å². The van der Waals surface area contributed by atoms with E-state index in [1.165, 1.54) is 0 Å². The van der Waals surface area contributed by atoms with Crippen molar-refractivity contribution in [2.75, 3.05) is 0 Å². The van der Waals surface area contributed by atoms with Crippen molar-refractivity contribution in [3.8, 4) is 0 Å². The van der Waals surface area contributed by atoms with Crippen molar-refractivity contribution in [1.82, 2.24) is 5.43 Å². The Bertz CT molecular complexity index is 355. The quantitative estimate of drug-likeness (QED) is 0.595. The summed E-state index contributed by atoms with van der Waals surface area (Å²) in [5.41, 5.74) is 4.35. The van der Waals surface area contributed by atoms with Gasteiger partial charge in [0.2, 0.25) is 5.91 Å². The molecule has 0 spiro atoms. The lowest BCUT2D eigenvalue weighted by molar-refractivity contribution is -0.123. The summed E-state index contributed by atoms with van der Waals surface area (Å²) in [6.07, 6.45) is 0. The highest BCUT2D eigenvalue weighted by atomic mass is 16.2. The molecule has 0 aliphatic carbocycles. The zero-order chi connectivity index (χ0) is 11.3.